The van der Waals surface area contributed by atoms with E-state index in [1.54, 1.807) is 0 Å². The molecule has 1 heteroatoms. The monoisotopic (exact) mass is 198 g/mol. The van der Waals surface area contributed by atoms with E-state index < -0.39 is 0 Å². The van der Waals surface area contributed by atoms with Crippen LogP contribution in [0, 0.1) is 0 Å². The number of allylic oxidation sites excluding steroid dienone is 1. The molecule has 0 aromatic carbocycles. The van der Waals surface area contributed by atoms with Gasteiger partial charge in [0.05, 0.1) is 6.26 Å². The smallest absolute Gasteiger partial charge is 0.0751 e. The van der Waals surface area contributed by atoms with Crippen LogP contribution in [0.3, 0.4) is 0 Å². The highest BCUT2D eigenvalue weighted by Crippen LogP contribution is 2.10. The van der Waals surface area contributed by atoms with Gasteiger partial charge in [0.2, 0.25) is 0 Å². The largest absolute Gasteiger partial charge is 0.516 e. The lowest BCUT2D eigenvalue weighted by Crippen LogP contribution is -1.80. The van der Waals surface area contributed by atoms with Crippen LogP contribution in [0.4, 0.5) is 0 Å². The standard InChI is InChI=1S/C13H26O/c1-2-3-4-5-6-7-8-9-10-11-12-13-14/h12-14H,2-11H2,1H3. The van der Waals surface area contributed by atoms with Crippen LogP contribution < -0.4 is 0 Å². The van der Waals surface area contributed by atoms with Gasteiger partial charge in [0.1, 0.15) is 0 Å². The van der Waals surface area contributed by atoms with Crippen molar-refractivity contribution in [1.82, 2.24) is 0 Å². The minimum atomic E-state index is 1.03. The van der Waals surface area contributed by atoms with E-state index in [4.69, 9.17) is 5.11 Å². The number of hydrogen-bond donors (Lipinski definition) is 1. The average molecular weight is 198 g/mol. The van der Waals surface area contributed by atoms with E-state index in [9.17, 15) is 0 Å². The molecule has 0 heterocycles. The highest BCUT2D eigenvalue weighted by Gasteiger charge is 1.90. The summed E-state index contributed by atoms with van der Waals surface area (Å²) < 4.78 is 0. The molecular formula is C13H26O. The summed E-state index contributed by atoms with van der Waals surface area (Å²) in [5.74, 6) is 0. The molecule has 0 amide bonds. The highest BCUT2D eigenvalue weighted by molar-refractivity contribution is 4.70. The Kier molecular flexibility index (Phi) is 12.1. The molecule has 0 aromatic rings. The fourth-order valence-electron chi connectivity index (χ4n) is 1.65. The Morgan fingerprint density at radius 2 is 1.29 bits per heavy atom. The minimum Gasteiger partial charge on any atom is -0.516 e. The summed E-state index contributed by atoms with van der Waals surface area (Å²) in [6, 6.07) is 0. The Balaban J connectivity index is 2.85. The zero-order valence-corrected chi connectivity index (χ0v) is 9.67. The maximum atomic E-state index is 8.41. The molecule has 0 unspecified atom stereocenters. The van der Waals surface area contributed by atoms with E-state index in [0.717, 1.165) is 12.7 Å². The van der Waals surface area contributed by atoms with Gasteiger partial charge >= 0.3 is 0 Å². The van der Waals surface area contributed by atoms with Crippen LogP contribution >= 0.6 is 0 Å². The van der Waals surface area contributed by atoms with Crippen LogP contribution in [0.25, 0.3) is 0 Å². The second-order valence-corrected chi connectivity index (χ2v) is 4.00. The molecule has 1 N–H and O–H groups in total. The first-order valence-corrected chi connectivity index (χ1v) is 6.21. The summed E-state index contributed by atoms with van der Waals surface area (Å²) in [5.41, 5.74) is 0. The third-order valence-corrected chi connectivity index (χ3v) is 2.58. The number of aliphatic hydroxyl groups is 1. The van der Waals surface area contributed by atoms with Crippen LogP contribution in [0.1, 0.15) is 71.1 Å². The molecule has 0 aliphatic rings. The Morgan fingerprint density at radius 1 is 0.786 bits per heavy atom. The van der Waals surface area contributed by atoms with E-state index in [1.165, 1.54) is 57.8 Å². The zero-order chi connectivity index (χ0) is 10.5. The topological polar surface area (TPSA) is 20.2 Å². The summed E-state index contributed by atoms with van der Waals surface area (Å²) in [7, 11) is 0. The predicted octanol–water partition coefficient (Wildman–Crippen LogP) is 4.98. The van der Waals surface area contributed by atoms with Gasteiger partial charge in [-0.15, -0.1) is 0 Å². The summed E-state index contributed by atoms with van der Waals surface area (Å²) in [6.45, 7) is 2.26. The molecule has 0 spiro atoms. The SMILES string of the molecule is CCCCCCCCCCCC=CO. The van der Waals surface area contributed by atoms with Gasteiger partial charge in [0.25, 0.3) is 0 Å². The van der Waals surface area contributed by atoms with Gasteiger partial charge in [-0.1, -0.05) is 64.4 Å². The van der Waals surface area contributed by atoms with E-state index in [0.29, 0.717) is 0 Å². The van der Waals surface area contributed by atoms with Gasteiger partial charge < -0.3 is 5.11 Å². The van der Waals surface area contributed by atoms with Crippen molar-refractivity contribution in [3.8, 4) is 0 Å². The van der Waals surface area contributed by atoms with E-state index >= 15 is 0 Å². The van der Waals surface area contributed by atoms with E-state index in [-0.39, 0.29) is 0 Å². The normalized spacial score (nSPS) is 11.2. The highest BCUT2D eigenvalue weighted by atomic mass is 16.2. The first kappa shape index (κ1) is 13.5. The first-order valence-electron chi connectivity index (χ1n) is 6.21. The number of unbranched alkanes of at least 4 members (excludes halogenated alkanes) is 9. The van der Waals surface area contributed by atoms with Gasteiger partial charge in [0.15, 0.2) is 0 Å². The predicted molar refractivity (Wildman–Crippen MR) is 63.6 cm³/mol. The van der Waals surface area contributed by atoms with Gasteiger partial charge in [0, 0.05) is 0 Å². The zero-order valence-electron chi connectivity index (χ0n) is 9.67. The molecule has 0 radical (unpaired) electrons. The van der Waals surface area contributed by atoms with Crippen molar-refractivity contribution >= 4 is 0 Å². The van der Waals surface area contributed by atoms with Crippen molar-refractivity contribution in [3.05, 3.63) is 12.3 Å². The van der Waals surface area contributed by atoms with Crippen LogP contribution in [-0.4, -0.2) is 5.11 Å². The van der Waals surface area contributed by atoms with E-state index in [1.807, 2.05) is 6.08 Å². The van der Waals surface area contributed by atoms with Crippen molar-refractivity contribution in [2.45, 2.75) is 71.1 Å². The number of hydrogen-bond acceptors (Lipinski definition) is 1. The van der Waals surface area contributed by atoms with Crippen molar-refractivity contribution in [2.24, 2.45) is 0 Å². The molecule has 14 heavy (non-hydrogen) atoms. The Labute approximate surface area is 89.2 Å². The quantitative estimate of drug-likeness (QED) is 0.388. The van der Waals surface area contributed by atoms with Gasteiger partial charge in [-0.05, 0) is 12.8 Å². The lowest BCUT2D eigenvalue weighted by Gasteiger charge is -2.00. The second-order valence-electron chi connectivity index (χ2n) is 4.00. The molecule has 1 nitrogen and oxygen atoms in total. The van der Waals surface area contributed by atoms with Crippen molar-refractivity contribution < 1.29 is 5.11 Å². The molecule has 0 atom stereocenters. The maximum Gasteiger partial charge on any atom is 0.0751 e. The average Bonchev–Trinajstić information content (AvgIpc) is 2.21. The molecule has 0 aliphatic carbocycles. The summed E-state index contributed by atoms with van der Waals surface area (Å²) in [4.78, 5) is 0. The Hall–Kier alpha value is -0.460. The molecular weight excluding hydrogens is 172 g/mol. The van der Waals surface area contributed by atoms with Crippen LogP contribution in [0.15, 0.2) is 12.3 Å². The molecule has 0 saturated carbocycles. The van der Waals surface area contributed by atoms with Crippen LogP contribution in [-0.2, 0) is 0 Å². The lowest BCUT2D eigenvalue weighted by molar-refractivity contribution is 0.469. The van der Waals surface area contributed by atoms with Gasteiger partial charge in [-0.2, -0.15) is 0 Å². The lowest BCUT2D eigenvalue weighted by atomic mass is 10.1. The summed E-state index contributed by atoms with van der Waals surface area (Å²) in [5, 5.41) is 8.41. The number of aliphatic hydroxyl groups excluding tert-OH is 1. The Bertz CT molecular complexity index is 118. The maximum absolute atomic E-state index is 8.41. The molecule has 0 bridgehead atoms. The van der Waals surface area contributed by atoms with E-state index in [2.05, 4.69) is 6.92 Å². The fourth-order valence-corrected chi connectivity index (χ4v) is 1.65. The molecule has 0 rings (SSSR count). The molecule has 84 valence electrons. The Morgan fingerprint density at radius 3 is 1.79 bits per heavy atom. The molecule has 0 fully saturated rings. The van der Waals surface area contributed by atoms with Gasteiger partial charge in [-0.25, -0.2) is 0 Å². The molecule has 0 aromatic heterocycles. The molecule has 0 aliphatic heterocycles. The second kappa shape index (κ2) is 12.5. The minimum absolute atomic E-state index is 1.03. The number of rotatable bonds is 10. The third kappa shape index (κ3) is 11.5. The first-order chi connectivity index (χ1) is 6.91. The van der Waals surface area contributed by atoms with Crippen molar-refractivity contribution in [1.29, 1.82) is 0 Å². The summed E-state index contributed by atoms with van der Waals surface area (Å²) in [6.07, 6.45) is 16.3. The summed E-state index contributed by atoms with van der Waals surface area (Å²) >= 11 is 0. The third-order valence-electron chi connectivity index (χ3n) is 2.58. The fraction of sp³-hybridized carbons (Fsp3) is 0.846. The van der Waals surface area contributed by atoms with Crippen LogP contribution in [0.2, 0.25) is 0 Å². The van der Waals surface area contributed by atoms with Crippen molar-refractivity contribution in [2.75, 3.05) is 0 Å². The van der Waals surface area contributed by atoms with Gasteiger partial charge in [-0.3, -0.25) is 0 Å². The van der Waals surface area contributed by atoms with Crippen molar-refractivity contribution in [3.63, 3.8) is 0 Å². The molecule has 0 saturated heterocycles. The van der Waals surface area contributed by atoms with Crippen LogP contribution in [0.5, 0.6) is 0 Å².